The first-order valence-electron chi connectivity index (χ1n) is 3.64. The smallest absolute Gasteiger partial charge is 0.420 e. The van der Waals surface area contributed by atoms with Crippen molar-refractivity contribution in [2.24, 2.45) is 0 Å². The van der Waals surface area contributed by atoms with Crippen molar-refractivity contribution in [2.75, 3.05) is 13.2 Å². The second-order valence-corrected chi connectivity index (χ2v) is 4.15. The van der Waals surface area contributed by atoms with Crippen LogP contribution in [0.15, 0.2) is 0 Å². The fourth-order valence-corrected chi connectivity index (χ4v) is 0.722. The van der Waals surface area contributed by atoms with Gasteiger partial charge in [-0.1, -0.05) is 0 Å². The van der Waals surface area contributed by atoms with Crippen LogP contribution in [0, 0.1) is 0 Å². The molecule has 0 heterocycles. The van der Waals surface area contributed by atoms with Crippen LogP contribution in [-0.4, -0.2) is 33.9 Å². The summed E-state index contributed by atoms with van der Waals surface area (Å²) in [7, 11) is 0. The summed E-state index contributed by atoms with van der Waals surface area (Å²) in [6, 6.07) is 0. The highest BCUT2D eigenvalue weighted by Gasteiger charge is 2.19. The average Bonchev–Trinajstić information content (AvgIpc) is 1.84. The summed E-state index contributed by atoms with van der Waals surface area (Å²) in [6.45, 7) is 5.47. The summed E-state index contributed by atoms with van der Waals surface area (Å²) >= 11 is 2.95. The van der Waals surface area contributed by atoms with Crippen LogP contribution >= 0.6 is 16.1 Å². The lowest BCUT2D eigenvalue weighted by Crippen LogP contribution is -2.32. The van der Waals surface area contributed by atoms with E-state index in [1.54, 1.807) is 20.8 Å². The lowest BCUT2D eigenvalue weighted by molar-refractivity contribution is 0.0397. The number of hydrogen-bond acceptors (Lipinski definition) is 3. The molecule has 0 unspecified atom stereocenters. The zero-order chi connectivity index (χ0) is 9.78. The molecular formula is C7H14BrNO3. The van der Waals surface area contributed by atoms with Crippen LogP contribution in [0.5, 0.6) is 0 Å². The molecule has 0 radical (unpaired) electrons. The zero-order valence-electron chi connectivity index (χ0n) is 7.50. The Balaban J connectivity index is 3.87. The zero-order valence-corrected chi connectivity index (χ0v) is 9.09. The van der Waals surface area contributed by atoms with Gasteiger partial charge in [0, 0.05) is 0 Å². The molecule has 0 aliphatic carbocycles. The number of carbonyl (C=O) groups excluding carboxylic acids is 1. The molecule has 0 aromatic rings. The van der Waals surface area contributed by atoms with Crippen molar-refractivity contribution >= 4 is 22.2 Å². The molecule has 12 heavy (non-hydrogen) atoms. The molecule has 0 bridgehead atoms. The van der Waals surface area contributed by atoms with E-state index in [1.165, 1.54) is 0 Å². The molecular weight excluding hydrogens is 226 g/mol. The lowest BCUT2D eigenvalue weighted by Gasteiger charge is -2.22. The van der Waals surface area contributed by atoms with Crippen LogP contribution in [0.3, 0.4) is 0 Å². The topological polar surface area (TPSA) is 49.8 Å². The lowest BCUT2D eigenvalue weighted by atomic mass is 10.2. The van der Waals surface area contributed by atoms with E-state index in [0.717, 1.165) is 3.93 Å². The molecule has 72 valence electrons. The maximum Gasteiger partial charge on any atom is 0.420 e. The second kappa shape index (κ2) is 4.67. The molecule has 0 aromatic carbocycles. The van der Waals surface area contributed by atoms with Crippen LogP contribution in [0.2, 0.25) is 0 Å². The molecule has 0 spiro atoms. The predicted molar refractivity (Wildman–Crippen MR) is 49.0 cm³/mol. The van der Waals surface area contributed by atoms with Gasteiger partial charge in [-0.3, -0.25) is 0 Å². The number of carbonyl (C=O) groups is 1. The Kier molecular flexibility index (Phi) is 4.55. The van der Waals surface area contributed by atoms with Gasteiger partial charge in [0.2, 0.25) is 0 Å². The Morgan fingerprint density at radius 2 is 2.08 bits per heavy atom. The van der Waals surface area contributed by atoms with Crippen molar-refractivity contribution in [2.45, 2.75) is 26.4 Å². The van der Waals surface area contributed by atoms with Gasteiger partial charge >= 0.3 is 6.09 Å². The number of hydrogen-bond donors (Lipinski definition) is 1. The predicted octanol–water partition coefficient (Wildman–Crippen LogP) is 1.53. The molecule has 1 N–H and O–H groups in total. The molecule has 0 aliphatic rings. The standard InChI is InChI=1S/C7H14BrNO3/c1-7(2,3)12-6(11)9(8)4-5-10/h10H,4-5H2,1-3H3. The van der Waals surface area contributed by atoms with Gasteiger partial charge in [-0.05, 0) is 20.8 Å². The molecule has 0 fully saturated rings. The Morgan fingerprint density at radius 3 is 2.42 bits per heavy atom. The van der Waals surface area contributed by atoms with Crippen LogP contribution in [0.1, 0.15) is 20.8 Å². The summed E-state index contributed by atoms with van der Waals surface area (Å²) in [5.74, 6) is 0. The van der Waals surface area contributed by atoms with E-state index < -0.39 is 11.7 Å². The van der Waals surface area contributed by atoms with E-state index in [-0.39, 0.29) is 13.2 Å². The molecule has 0 atom stereocenters. The number of aliphatic hydroxyl groups is 1. The summed E-state index contributed by atoms with van der Waals surface area (Å²) < 4.78 is 6.13. The van der Waals surface area contributed by atoms with E-state index in [1.807, 2.05) is 0 Å². The molecule has 0 saturated heterocycles. The van der Waals surface area contributed by atoms with Crippen LogP contribution in [0.25, 0.3) is 0 Å². The van der Waals surface area contributed by atoms with Crippen molar-refractivity contribution in [3.8, 4) is 0 Å². The van der Waals surface area contributed by atoms with E-state index in [2.05, 4.69) is 16.1 Å². The van der Waals surface area contributed by atoms with Crippen molar-refractivity contribution < 1.29 is 14.6 Å². The number of nitrogens with zero attached hydrogens (tertiary/aromatic N) is 1. The molecule has 4 nitrogen and oxygen atoms in total. The number of amides is 1. The van der Waals surface area contributed by atoms with Gasteiger partial charge in [0.25, 0.3) is 0 Å². The third-order valence-corrected chi connectivity index (χ3v) is 1.53. The van der Waals surface area contributed by atoms with E-state index >= 15 is 0 Å². The number of ether oxygens (including phenoxy) is 1. The Hall–Kier alpha value is -0.290. The summed E-state index contributed by atoms with van der Waals surface area (Å²) in [5, 5.41) is 8.50. The van der Waals surface area contributed by atoms with Crippen molar-refractivity contribution in [1.29, 1.82) is 0 Å². The highest BCUT2D eigenvalue weighted by molar-refractivity contribution is 9.07. The summed E-state index contributed by atoms with van der Waals surface area (Å²) in [6.07, 6.45) is -0.489. The van der Waals surface area contributed by atoms with Crippen LogP contribution in [-0.2, 0) is 4.74 Å². The van der Waals surface area contributed by atoms with Crippen LogP contribution < -0.4 is 0 Å². The quantitative estimate of drug-likeness (QED) is 0.744. The molecule has 0 saturated carbocycles. The fraction of sp³-hybridized carbons (Fsp3) is 0.857. The van der Waals surface area contributed by atoms with Crippen molar-refractivity contribution in [3.05, 3.63) is 0 Å². The minimum Gasteiger partial charge on any atom is -0.443 e. The summed E-state index contributed by atoms with van der Waals surface area (Å²) in [4.78, 5) is 11.1. The first-order chi connectivity index (χ1) is 5.37. The fourth-order valence-electron chi connectivity index (χ4n) is 0.491. The van der Waals surface area contributed by atoms with Gasteiger partial charge in [-0.25, -0.2) is 8.72 Å². The maximum atomic E-state index is 11.1. The Morgan fingerprint density at radius 1 is 1.58 bits per heavy atom. The molecule has 0 aromatic heterocycles. The minimum absolute atomic E-state index is 0.0928. The van der Waals surface area contributed by atoms with Crippen molar-refractivity contribution in [1.82, 2.24) is 3.93 Å². The van der Waals surface area contributed by atoms with Crippen LogP contribution in [0.4, 0.5) is 4.79 Å². The average molecular weight is 240 g/mol. The number of halogens is 1. The van der Waals surface area contributed by atoms with Crippen molar-refractivity contribution in [3.63, 3.8) is 0 Å². The van der Waals surface area contributed by atoms with E-state index in [0.29, 0.717) is 0 Å². The normalized spacial score (nSPS) is 11.1. The van der Waals surface area contributed by atoms with Gasteiger partial charge in [0.1, 0.15) is 5.60 Å². The highest BCUT2D eigenvalue weighted by atomic mass is 79.9. The van der Waals surface area contributed by atoms with E-state index in [9.17, 15) is 4.79 Å². The molecule has 1 amide bonds. The number of aliphatic hydroxyl groups excluding tert-OH is 1. The number of rotatable bonds is 2. The Bertz CT molecular complexity index is 155. The minimum atomic E-state index is -0.501. The van der Waals surface area contributed by atoms with Gasteiger partial charge < -0.3 is 9.84 Å². The van der Waals surface area contributed by atoms with Gasteiger partial charge in [0.15, 0.2) is 0 Å². The van der Waals surface area contributed by atoms with E-state index in [4.69, 9.17) is 9.84 Å². The second-order valence-electron chi connectivity index (χ2n) is 3.29. The summed E-state index contributed by atoms with van der Waals surface area (Å²) in [5.41, 5.74) is -0.501. The first kappa shape index (κ1) is 11.7. The first-order valence-corrected chi connectivity index (χ1v) is 4.35. The SMILES string of the molecule is CC(C)(C)OC(=O)N(Br)CCO. The monoisotopic (exact) mass is 239 g/mol. The third kappa shape index (κ3) is 5.37. The molecule has 0 aliphatic heterocycles. The Labute approximate surface area is 80.8 Å². The highest BCUT2D eigenvalue weighted by Crippen LogP contribution is 2.11. The largest absolute Gasteiger partial charge is 0.443 e. The van der Waals surface area contributed by atoms with Gasteiger partial charge in [-0.15, -0.1) is 0 Å². The van der Waals surface area contributed by atoms with Gasteiger partial charge in [-0.2, -0.15) is 0 Å². The molecule has 5 heteroatoms. The third-order valence-electron chi connectivity index (χ3n) is 0.888. The maximum absolute atomic E-state index is 11.1. The molecule has 0 rings (SSSR count). The van der Waals surface area contributed by atoms with Gasteiger partial charge in [0.05, 0.1) is 29.3 Å².